The molecule has 0 saturated carbocycles. The third-order valence-corrected chi connectivity index (χ3v) is 6.41. The molecule has 6 heteroatoms. The summed E-state index contributed by atoms with van der Waals surface area (Å²) in [5, 5.41) is 0. The molecule has 0 aliphatic heterocycles. The molecule has 0 saturated heterocycles. The van der Waals surface area contributed by atoms with E-state index in [-0.39, 0.29) is 5.75 Å². The van der Waals surface area contributed by atoms with E-state index in [1.54, 1.807) is 24.3 Å². The van der Waals surface area contributed by atoms with Gasteiger partial charge in [-0.2, -0.15) is 0 Å². The monoisotopic (exact) mass is 385 g/mol. The zero-order valence-electron chi connectivity index (χ0n) is 11.3. The molecule has 0 amide bonds. The number of rotatable bonds is 6. The molecule has 112 valence electrons. The number of hydrogen-bond donors (Lipinski definition) is 1. The Labute approximate surface area is 138 Å². The molecule has 0 aromatic heterocycles. The molecule has 2 rings (SSSR count). The standard InChI is InChI=1S/C15H16BrNO2S2/c16-13-2-1-3-14(10-13)20-8-9-21(18,19)15-6-4-12(11-17)5-7-15/h1-7,10H,8-9,11,17H2. The van der Waals surface area contributed by atoms with Gasteiger partial charge in [-0.3, -0.25) is 0 Å². The van der Waals surface area contributed by atoms with Crippen molar-refractivity contribution in [1.29, 1.82) is 0 Å². The molecular weight excluding hydrogens is 370 g/mol. The minimum absolute atomic E-state index is 0.117. The maximum atomic E-state index is 12.2. The molecule has 0 aliphatic rings. The molecular formula is C15H16BrNO2S2. The minimum atomic E-state index is -3.24. The van der Waals surface area contributed by atoms with Crippen LogP contribution in [0.1, 0.15) is 5.56 Å². The highest BCUT2D eigenvalue weighted by Crippen LogP contribution is 2.23. The van der Waals surface area contributed by atoms with Crippen LogP contribution in [-0.2, 0) is 16.4 Å². The van der Waals surface area contributed by atoms with Gasteiger partial charge in [0.25, 0.3) is 0 Å². The van der Waals surface area contributed by atoms with Crippen molar-refractivity contribution < 1.29 is 8.42 Å². The van der Waals surface area contributed by atoms with Crippen molar-refractivity contribution >= 4 is 37.5 Å². The number of halogens is 1. The number of hydrogen-bond acceptors (Lipinski definition) is 4. The van der Waals surface area contributed by atoms with Crippen molar-refractivity contribution in [2.24, 2.45) is 5.73 Å². The summed E-state index contributed by atoms with van der Waals surface area (Å²) in [5.74, 6) is 0.642. The van der Waals surface area contributed by atoms with Crippen molar-refractivity contribution in [2.75, 3.05) is 11.5 Å². The molecule has 0 atom stereocenters. The van der Waals surface area contributed by atoms with Crippen LogP contribution in [0.2, 0.25) is 0 Å². The van der Waals surface area contributed by atoms with Gasteiger partial charge < -0.3 is 5.73 Å². The van der Waals surface area contributed by atoms with E-state index in [1.165, 1.54) is 11.8 Å². The highest BCUT2D eigenvalue weighted by Gasteiger charge is 2.14. The Hall–Kier alpha value is -0.820. The van der Waals surface area contributed by atoms with E-state index in [4.69, 9.17) is 5.73 Å². The van der Waals surface area contributed by atoms with Gasteiger partial charge in [-0.1, -0.05) is 34.1 Å². The van der Waals surface area contributed by atoms with Gasteiger partial charge in [0.15, 0.2) is 9.84 Å². The molecule has 2 aromatic carbocycles. The second-order valence-electron chi connectivity index (χ2n) is 4.47. The summed E-state index contributed by atoms with van der Waals surface area (Å²) in [6, 6.07) is 14.6. The fraction of sp³-hybridized carbons (Fsp3) is 0.200. The van der Waals surface area contributed by atoms with Crippen LogP contribution in [0.15, 0.2) is 62.8 Å². The molecule has 2 aromatic rings. The molecule has 0 fully saturated rings. The van der Waals surface area contributed by atoms with Crippen molar-refractivity contribution in [3.05, 3.63) is 58.6 Å². The van der Waals surface area contributed by atoms with Crippen LogP contribution in [0.25, 0.3) is 0 Å². The van der Waals surface area contributed by atoms with E-state index in [2.05, 4.69) is 15.9 Å². The van der Waals surface area contributed by atoms with Crippen LogP contribution >= 0.6 is 27.7 Å². The lowest BCUT2D eigenvalue weighted by Gasteiger charge is -2.06. The van der Waals surface area contributed by atoms with Gasteiger partial charge in [0.2, 0.25) is 0 Å². The van der Waals surface area contributed by atoms with Gasteiger partial charge in [-0.15, -0.1) is 11.8 Å². The topological polar surface area (TPSA) is 60.2 Å². The molecule has 0 bridgehead atoms. The average Bonchev–Trinajstić information content (AvgIpc) is 2.47. The SMILES string of the molecule is NCc1ccc(S(=O)(=O)CCSc2cccc(Br)c2)cc1. The van der Waals surface area contributed by atoms with Gasteiger partial charge >= 0.3 is 0 Å². The van der Waals surface area contributed by atoms with E-state index in [0.29, 0.717) is 17.2 Å². The number of nitrogens with two attached hydrogens (primary N) is 1. The summed E-state index contributed by atoms with van der Waals surface area (Å²) in [5.41, 5.74) is 6.44. The summed E-state index contributed by atoms with van der Waals surface area (Å²) in [4.78, 5) is 1.41. The first-order chi connectivity index (χ1) is 10.0. The normalized spacial score (nSPS) is 11.5. The van der Waals surface area contributed by atoms with E-state index in [9.17, 15) is 8.42 Å². The maximum Gasteiger partial charge on any atom is 0.179 e. The Balaban J connectivity index is 1.97. The van der Waals surface area contributed by atoms with E-state index in [0.717, 1.165) is 14.9 Å². The van der Waals surface area contributed by atoms with Crippen LogP contribution in [0.5, 0.6) is 0 Å². The molecule has 0 heterocycles. The summed E-state index contributed by atoms with van der Waals surface area (Å²) < 4.78 is 25.5. The third kappa shape index (κ3) is 4.85. The highest BCUT2D eigenvalue weighted by atomic mass is 79.9. The molecule has 0 spiro atoms. The fourth-order valence-electron chi connectivity index (χ4n) is 1.78. The minimum Gasteiger partial charge on any atom is -0.326 e. The Morgan fingerprint density at radius 1 is 1.10 bits per heavy atom. The predicted molar refractivity (Wildman–Crippen MR) is 91.3 cm³/mol. The van der Waals surface area contributed by atoms with Crippen molar-refractivity contribution in [3.8, 4) is 0 Å². The van der Waals surface area contributed by atoms with Crippen molar-refractivity contribution in [2.45, 2.75) is 16.3 Å². The lowest BCUT2D eigenvalue weighted by atomic mass is 10.2. The zero-order chi connectivity index (χ0) is 15.3. The van der Waals surface area contributed by atoms with E-state index < -0.39 is 9.84 Å². The zero-order valence-corrected chi connectivity index (χ0v) is 14.5. The molecule has 0 radical (unpaired) electrons. The highest BCUT2D eigenvalue weighted by molar-refractivity contribution is 9.10. The summed E-state index contributed by atoms with van der Waals surface area (Å²) >= 11 is 4.94. The molecule has 21 heavy (non-hydrogen) atoms. The third-order valence-electron chi connectivity index (χ3n) is 2.94. The number of sulfone groups is 1. The fourth-order valence-corrected chi connectivity index (χ4v) is 4.95. The molecule has 2 N–H and O–H groups in total. The molecule has 0 unspecified atom stereocenters. The van der Waals surface area contributed by atoms with E-state index >= 15 is 0 Å². The summed E-state index contributed by atoms with van der Waals surface area (Å²) in [7, 11) is -3.24. The van der Waals surface area contributed by atoms with Crippen LogP contribution in [-0.4, -0.2) is 19.9 Å². The lowest BCUT2D eigenvalue weighted by Crippen LogP contribution is -2.09. The summed E-state index contributed by atoms with van der Waals surface area (Å²) in [6.45, 7) is 0.416. The van der Waals surface area contributed by atoms with Crippen molar-refractivity contribution in [3.63, 3.8) is 0 Å². The van der Waals surface area contributed by atoms with Crippen LogP contribution in [0.3, 0.4) is 0 Å². The van der Waals surface area contributed by atoms with Gasteiger partial charge in [-0.25, -0.2) is 8.42 Å². The average molecular weight is 386 g/mol. The Morgan fingerprint density at radius 3 is 2.43 bits per heavy atom. The Morgan fingerprint density at radius 2 is 1.81 bits per heavy atom. The van der Waals surface area contributed by atoms with Gasteiger partial charge in [-0.05, 0) is 35.9 Å². The Kier molecular flexibility index (Phi) is 5.87. The van der Waals surface area contributed by atoms with Crippen LogP contribution < -0.4 is 5.73 Å². The van der Waals surface area contributed by atoms with E-state index in [1.807, 2.05) is 24.3 Å². The van der Waals surface area contributed by atoms with Crippen LogP contribution in [0, 0.1) is 0 Å². The molecule has 3 nitrogen and oxygen atoms in total. The van der Waals surface area contributed by atoms with Gasteiger partial charge in [0.1, 0.15) is 0 Å². The second-order valence-corrected chi connectivity index (χ2v) is 8.67. The second kappa shape index (κ2) is 7.45. The quantitative estimate of drug-likeness (QED) is 0.773. The first-order valence-corrected chi connectivity index (χ1v) is 9.84. The Bertz CT molecular complexity index is 700. The smallest absolute Gasteiger partial charge is 0.179 e. The maximum absolute atomic E-state index is 12.2. The molecule has 0 aliphatic carbocycles. The van der Waals surface area contributed by atoms with Crippen molar-refractivity contribution in [1.82, 2.24) is 0 Å². The largest absolute Gasteiger partial charge is 0.326 e. The summed E-state index contributed by atoms with van der Waals surface area (Å²) in [6.07, 6.45) is 0. The van der Waals surface area contributed by atoms with Gasteiger partial charge in [0, 0.05) is 21.7 Å². The first-order valence-electron chi connectivity index (χ1n) is 6.41. The predicted octanol–water partition coefficient (Wildman–Crippen LogP) is 3.47. The lowest BCUT2D eigenvalue weighted by molar-refractivity contribution is 0.597. The number of thioether (sulfide) groups is 1. The number of benzene rings is 2. The van der Waals surface area contributed by atoms with Crippen LogP contribution in [0.4, 0.5) is 0 Å². The van der Waals surface area contributed by atoms with Gasteiger partial charge in [0.05, 0.1) is 10.6 Å². The first kappa shape index (κ1) is 16.5.